The summed E-state index contributed by atoms with van der Waals surface area (Å²) < 4.78 is 12.4. The summed E-state index contributed by atoms with van der Waals surface area (Å²) in [5.41, 5.74) is 2.46. The zero-order chi connectivity index (χ0) is 27.2. The van der Waals surface area contributed by atoms with Crippen molar-refractivity contribution in [2.24, 2.45) is 0 Å². The summed E-state index contributed by atoms with van der Waals surface area (Å²) in [7, 11) is 1.52. The Labute approximate surface area is 244 Å². The van der Waals surface area contributed by atoms with Gasteiger partial charge in [0.15, 0.2) is 0 Å². The van der Waals surface area contributed by atoms with Gasteiger partial charge in [-0.2, -0.15) is 0 Å². The Morgan fingerprint density at radius 1 is 1.00 bits per heavy atom. The maximum absolute atomic E-state index is 13.0. The predicted molar refractivity (Wildman–Crippen MR) is 158 cm³/mol. The molecule has 0 radical (unpaired) electrons. The van der Waals surface area contributed by atoms with Gasteiger partial charge in [0.1, 0.15) is 11.5 Å². The van der Waals surface area contributed by atoms with Gasteiger partial charge in [0.2, 0.25) is 0 Å². The number of carbonyl (C=O) groups is 2. The number of amides is 2. The van der Waals surface area contributed by atoms with E-state index in [2.05, 4.69) is 49.0 Å². The van der Waals surface area contributed by atoms with Gasteiger partial charge in [0.25, 0.3) is 11.8 Å². The standard InChI is InChI=1S/C28H28Br2ClN3O4/c1-3-14-38-21-7-4-18(5-8-21)28(36)34-12-10-33(11-13-34)25-9-6-20(17-24(25)31)32-27(35)22-15-19(29)16-23(30)26(22)37-2/h4-9,15-17H,3,10-14H2,1-2H3,(H,32,35). The van der Waals surface area contributed by atoms with E-state index in [4.69, 9.17) is 21.1 Å². The minimum absolute atomic E-state index is 0.00506. The molecule has 0 aromatic heterocycles. The lowest BCUT2D eigenvalue weighted by Crippen LogP contribution is -2.48. The van der Waals surface area contributed by atoms with Crippen molar-refractivity contribution in [2.75, 3.05) is 50.1 Å². The molecule has 0 saturated carbocycles. The van der Waals surface area contributed by atoms with Crippen molar-refractivity contribution < 1.29 is 19.1 Å². The number of piperazine rings is 1. The van der Waals surface area contributed by atoms with Gasteiger partial charge in [0.05, 0.1) is 34.5 Å². The van der Waals surface area contributed by atoms with E-state index >= 15 is 0 Å². The first-order valence-corrected chi connectivity index (χ1v) is 14.2. The van der Waals surface area contributed by atoms with E-state index in [0.29, 0.717) is 64.8 Å². The van der Waals surface area contributed by atoms with Crippen LogP contribution in [0.1, 0.15) is 34.1 Å². The number of carbonyl (C=O) groups excluding carboxylic acids is 2. The first-order valence-electron chi connectivity index (χ1n) is 12.2. The normalized spacial score (nSPS) is 13.3. The van der Waals surface area contributed by atoms with Gasteiger partial charge in [-0.3, -0.25) is 9.59 Å². The molecule has 7 nitrogen and oxygen atoms in total. The number of methoxy groups -OCH3 is 1. The average Bonchev–Trinajstić information content (AvgIpc) is 2.91. The second-order valence-electron chi connectivity index (χ2n) is 8.74. The first kappa shape index (κ1) is 28.3. The van der Waals surface area contributed by atoms with E-state index < -0.39 is 0 Å². The summed E-state index contributed by atoms with van der Waals surface area (Å²) in [6, 6.07) is 16.2. The minimum atomic E-state index is -0.315. The molecule has 4 rings (SSSR count). The van der Waals surface area contributed by atoms with Crippen molar-refractivity contribution in [3.63, 3.8) is 0 Å². The van der Waals surface area contributed by atoms with Crippen LogP contribution in [0.15, 0.2) is 63.5 Å². The number of ether oxygens (including phenoxy) is 2. The van der Waals surface area contributed by atoms with E-state index in [0.717, 1.165) is 22.3 Å². The lowest BCUT2D eigenvalue weighted by atomic mass is 10.1. The van der Waals surface area contributed by atoms with Gasteiger partial charge in [0, 0.05) is 41.9 Å². The van der Waals surface area contributed by atoms with Gasteiger partial charge >= 0.3 is 0 Å². The Hall–Kier alpha value is -2.75. The number of hydrogen-bond acceptors (Lipinski definition) is 5. The quantitative estimate of drug-likeness (QED) is 0.284. The molecule has 38 heavy (non-hydrogen) atoms. The highest BCUT2D eigenvalue weighted by Gasteiger charge is 2.24. The van der Waals surface area contributed by atoms with Gasteiger partial charge < -0.3 is 24.6 Å². The van der Waals surface area contributed by atoms with E-state index in [1.165, 1.54) is 7.11 Å². The Balaban J connectivity index is 1.37. The Morgan fingerprint density at radius 2 is 1.71 bits per heavy atom. The van der Waals surface area contributed by atoms with Crippen LogP contribution in [0.4, 0.5) is 11.4 Å². The van der Waals surface area contributed by atoms with Crippen LogP contribution in [-0.2, 0) is 0 Å². The van der Waals surface area contributed by atoms with E-state index in [1.54, 1.807) is 12.1 Å². The second-order valence-corrected chi connectivity index (χ2v) is 10.9. The SMILES string of the molecule is CCCOc1ccc(C(=O)N2CCN(c3ccc(NC(=O)c4cc(Br)cc(Br)c4OC)cc3Cl)CC2)cc1. The molecule has 1 heterocycles. The maximum atomic E-state index is 13.0. The van der Waals surface area contributed by atoms with Crippen molar-refractivity contribution in [1.82, 2.24) is 4.90 Å². The largest absolute Gasteiger partial charge is 0.495 e. The summed E-state index contributed by atoms with van der Waals surface area (Å²) in [6.45, 7) is 5.18. The molecule has 3 aromatic carbocycles. The molecular weight excluding hydrogens is 638 g/mol. The molecule has 2 amide bonds. The smallest absolute Gasteiger partial charge is 0.259 e. The molecule has 0 aliphatic carbocycles. The molecule has 1 N–H and O–H groups in total. The third kappa shape index (κ3) is 6.62. The predicted octanol–water partition coefficient (Wildman–Crippen LogP) is 6.88. The molecule has 200 valence electrons. The van der Waals surface area contributed by atoms with Gasteiger partial charge in [-0.15, -0.1) is 0 Å². The summed E-state index contributed by atoms with van der Waals surface area (Å²) in [4.78, 5) is 29.9. The number of nitrogens with zero attached hydrogens (tertiary/aromatic N) is 2. The molecule has 1 aliphatic heterocycles. The lowest BCUT2D eigenvalue weighted by Gasteiger charge is -2.36. The lowest BCUT2D eigenvalue weighted by molar-refractivity contribution is 0.0746. The van der Waals surface area contributed by atoms with E-state index in [1.807, 2.05) is 47.4 Å². The van der Waals surface area contributed by atoms with Crippen LogP contribution in [-0.4, -0.2) is 56.6 Å². The highest BCUT2D eigenvalue weighted by molar-refractivity contribution is 9.11. The number of anilines is 2. The average molecular weight is 666 g/mol. The summed E-state index contributed by atoms with van der Waals surface area (Å²) >= 11 is 13.5. The Morgan fingerprint density at radius 3 is 2.34 bits per heavy atom. The molecule has 1 saturated heterocycles. The van der Waals surface area contributed by atoms with Gasteiger partial charge in [-0.05, 0) is 76.9 Å². The Bertz CT molecular complexity index is 1310. The number of benzene rings is 3. The third-order valence-corrected chi connectivity index (χ3v) is 7.49. The van der Waals surface area contributed by atoms with Crippen molar-refractivity contribution in [1.29, 1.82) is 0 Å². The number of rotatable bonds is 8. The summed E-state index contributed by atoms with van der Waals surface area (Å²) in [5.74, 6) is 0.906. The second kappa shape index (κ2) is 12.9. The van der Waals surface area contributed by atoms with E-state index in [-0.39, 0.29) is 11.8 Å². The highest BCUT2D eigenvalue weighted by Crippen LogP contribution is 2.34. The van der Waals surface area contributed by atoms with Crippen LogP contribution >= 0.6 is 43.5 Å². The third-order valence-electron chi connectivity index (χ3n) is 6.14. The van der Waals surface area contributed by atoms with Gasteiger partial charge in [-0.1, -0.05) is 34.5 Å². The van der Waals surface area contributed by atoms with Crippen molar-refractivity contribution in [3.8, 4) is 11.5 Å². The van der Waals surface area contributed by atoms with Crippen molar-refractivity contribution >= 4 is 66.6 Å². The molecular formula is C28H28Br2ClN3O4. The van der Waals surface area contributed by atoms with Crippen LogP contribution in [0, 0.1) is 0 Å². The Kier molecular flexibility index (Phi) is 9.57. The monoisotopic (exact) mass is 663 g/mol. The molecule has 1 aliphatic rings. The van der Waals surface area contributed by atoms with E-state index in [9.17, 15) is 9.59 Å². The van der Waals surface area contributed by atoms with Crippen LogP contribution in [0.25, 0.3) is 0 Å². The van der Waals surface area contributed by atoms with Gasteiger partial charge in [-0.25, -0.2) is 0 Å². The number of hydrogen-bond donors (Lipinski definition) is 1. The number of nitrogens with one attached hydrogen (secondary N) is 1. The highest BCUT2D eigenvalue weighted by atomic mass is 79.9. The molecule has 1 fully saturated rings. The fourth-order valence-electron chi connectivity index (χ4n) is 4.22. The molecule has 0 unspecified atom stereocenters. The van der Waals surface area contributed by atoms with Crippen LogP contribution < -0.4 is 19.7 Å². The number of halogens is 3. The fourth-order valence-corrected chi connectivity index (χ4v) is 5.91. The van der Waals surface area contributed by atoms with Crippen LogP contribution in [0.3, 0.4) is 0 Å². The van der Waals surface area contributed by atoms with Crippen molar-refractivity contribution in [2.45, 2.75) is 13.3 Å². The van der Waals surface area contributed by atoms with Crippen molar-refractivity contribution in [3.05, 3.63) is 79.7 Å². The molecule has 0 bridgehead atoms. The van der Waals surface area contributed by atoms with Crippen LogP contribution in [0.2, 0.25) is 5.02 Å². The molecule has 3 aromatic rings. The molecule has 0 atom stereocenters. The molecule has 10 heteroatoms. The summed E-state index contributed by atoms with van der Waals surface area (Å²) in [6.07, 6.45) is 0.936. The zero-order valence-corrected chi connectivity index (χ0v) is 25.0. The topological polar surface area (TPSA) is 71.1 Å². The fraction of sp³-hybridized carbons (Fsp3) is 0.286. The summed E-state index contributed by atoms with van der Waals surface area (Å²) in [5, 5.41) is 3.41. The minimum Gasteiger partial charge on any atom is -0.495 e. The van der Waals surface area contributed by atoms with Crippen LogP contribution in [0.5, 0.6) is 11.5 Å². The zero-order valence-electron chi connectivity index (χ0n) is 21.1. The molecule has 0 spiro atoms. The maximum Gasteiger partial charge on any atom is 0.259 e. The first-order chi connectivity index (χ1) is 18.3.